The van der Waals surface area contributed by atoms with Crippen LogP contribution in [0.25, 0.3) is 0 Å². The fraction of sp³-hybridized carbons (Fsp3) is 0.846. The van der Waals surface area contributed by atoms with Gasteiger partial charge in [0.15, 0.2) is 0 Å². The summed E-state index contributed by atoms with van der Waals surface area (Å²) >= 11 is 0. The average Bonchev–Trinajstić information content (AvgIpc) is 2.94. The van der Waals surface area contributed by atoms with E-state index in [1.165, 1.54) is 24.2 Å². The monoisotopic (exact) mass is 254 g/mol. The molecule has 0 aromatic carbocycles. The van der Waals surface area contributed by atoms with Crippen LogP contribution in [0.15, 0.2) is 0 Å². The molecule has 0 radical (unpaired) electrons. The Morgan fingerprint density at radius 3 is 2.67 bits per heavy atom. The summed E-state index contributed by atoms with van der Waals surface area (Å²) in [5.41, 5.74) is 0. The van der Waals surface area contributed by atoms with Crippen LogP contribution < -0.4 is 5.32 Å². The molecule has 5 heteroatoms. The third kappa shape index (κ3) is 2.76. The molecule has 3 atom stereocenters. The highest BCUT2D eigenvalue weighted by molar-refractivity contribution is 5.83. The number of carboxylic acids is 1. The van der Waals surface area contributed by atoms with E-state index < -0.39 is 12.0 Å². The molecule has 102 valence electrons. The highest BCUT2D eigenvalue weighted by Gasteiger charge is 2.34. The summed E-state index contributed by atoms with van der Waals surface area (Å²) in [7, 11) is 0. The van der Waals surface area contributed by atoms with Gasteiger partial charge in [-0.1, -0.05) is 19.8 Å². The first-order valence-electron chi connectivity index (χ1n) is 6.87. The van der Waals surface area contributed by atoms with E-state index in [-0.39, 0.29) is 6.03 Å². The molecule has 5 nitrogen and oxygen atoms in total. The minimum atomic E-state index is -0.892. The Balaban J connectivity index is 1.82. The Hall–Kier alpha value is -1.26. The molecule has 0 aromatic rings. The van der Waals surface area contributed by atoms with Gasteiger partial charge in [-0.05, 0) is 31.1 Å². The summed E-state index contributed by atoms with van der Waals surface area (Å²) in [6, 6.07) is -0.843. The zero-order chi connectivity index (χ0) is 13.1. The number of hydrogen-bond donors (Lipinski definition) is 2. The van der Waals surface area contributed by atoms with E-state index in [9.17, 15) is 9.59 Å². The first-order valence-corrected chi connectivity index (χ1v) is 6.87. The van der Waals surface area contributed by atoms with Crippen molar-refractivity contribution in [3.8, 4) is 0 Å². The van der Waals surface area contributed by atoms with Crippen LogP contribution in [0.3, 0.4) is 0 Å². The van der Waals surface area contributed by atoms with E-state index in [0.29, 0.717) is 31.3 Å². The highest BCUT2D eigenvalue weighted by atomic mass is 16.4. The van der Waals surface area contributed by atoms with E-state index in [0.717, 1.165) is 6.42 Å². The molecule has 1 heterocycles. The average molecular weight is 254 g/mol. The fourth-order valence-electron chi connectivity index (χ4n) is 3.11. The topological polar surface area (TPSA) is 69.6 Å². The van der Waals surface area contributed by atoms with Gasteiger partial charge < -0.3 is 15.3 Å². The Labute approximate surface area is 108 Å². The lowest BCUT2D eigenvalue weighted by molar-refractivity contribution is -0.141. The molecule has 0 aromatic heterocycles. The molecular weight excluding hydrogens is 232 g/mol. The third-order valence-corrected chi connectivity index (χ3v) is 4.35. The number of hydrogen-bond acceptors (Lipinski definition) is 2. The number of likely N-dealkylation sites (tertiary alicyclic amines) is 1. The van der Waals surface area contributed by atoms with Gasteiger partial charge in [0.05, 0.1) is 0 Å². The minimum Gasteiger partial charge on any atom is -0.480 e. The maximum atomic E-state index is 12.0. The van der Waals surface area contributed by atoms with Gasteiger partial charge in [-0.3, -0.25) is 0 Å². The number of nitrogens with one attached hydrogen (secondary N) is 1. The van der Waals surface area contributed by atoms with E-state index in [1.54, 1.807) is 0 Å². The van der Waals surface area contributed by atoms with Gasteiger partial charge in [0, 0.05) is 13.1 Å². The standard InChI is InChI=1S/C13H22N2O3/c1-9-4-2-5-10(9)8-14-13(18)15-7-3-6-11(15)12(16)17/h9-11H,2-8H2,1H3,(H,14,18)(H,16,17)/t9?,10?,11-/m1/s1. The largest absolute Gasteiger partial charge is 0.480 e. The van der Waals surface area contributed by atoms with Crippen molar-refractivity contribution >= 4 is 12.0 Å². The molecule has 1 aliphatic heterocycles. The van der Waals surface area contributed by atoms with Crippen molar-refractivity contribution in [3.05, 3.63) is 0 Å². The lowest BCUT2D eigenvalue weighted by atomic mass is 9.98. The van der Waals surface area contributed by atoms with Crippen LogP contribution in [0.1, 0.15) is 39.0 Å². The number of carbonyl (C=O) groups is 2. The van der Waals surface area contributed by atoms with Crippen molar-refractivity contribution in [1.82, 2.24) is 10.2 Å². The summed E-state index contributed by atoms with van der Waals surface area (Å²) in [5, 5.41) is 11.9. The second-order valence-corrected chi connectivity index (χ2v) is 5.54. The van der Waals surface area contributed by atoms with Gasteiger partial charge in [-0.2, -0.15) is 0 Å². The quantitative estimate of drug-likeness (QED) is 0.805. The highest BCUT2D eigenvalue weighted by Crippen LogP contribution is 2.30. The van der Waals surface area contributed by atoms with Crippen molar-refractivity contribution in [2.75, 3.05) is 13.1 Å². The Morgan fingerprint density at radius 1 is 1.28 bits per heavy atom. The van der Waals surface area contributed by atoms with Crippen LogP contribution in [0.4, 0.5) is 4.79 Å². The van der Waals surface area contributed by atoms with E-state index >= 15 is 0 Å². The van der Waals surface area contributed by atoms with Crippen molar-refractivity contribution in [1.29, 1.82) is 0 Å². The second-order valence-electron chi connectivity index (χ2n) is 5.54. The molecular formula is C13H22N2O3. The molecule has 1 aliphatic carbocycles. The van der Waals surface area contributed by atoms with Crippen LogP contribution in [-0.4, -0.2) is 41.1 Å². The van der Waals surface area contributed by atoms with E-state index in [4.69, 9.17) is 5.11 Å². The maximum Gasteiger partial charge on any atom is 0.326 e. The third-order valence-electron chi connectivity index (χ3n) is 4.35. The number of rotatable bonds is 3. The molecule has 0 bridgehead atoms. The molecule has 18 heavy (non-hydrogen) atoms. The van der Waals surface area contributed by atoms with Crippen LogP contribution >= 0.6 is 0 Å². The van der Waals surface area contributed by atoms with Crippen molar-refractivity contribution in [2.45, 2.75) is 45.1 Å². The van der Waals surface area contributed by atoms with Gasteiger partial charge in [-0.15, -0.1) is 0 Å². The van der Waals surface area contributed by atoms with Gasteiger partial charge in [0.1, 0.15) is 6.04 Å². The summed E-state index contributed by atoms with van der Waals surface area (Å²) in [6.07, 6.45) is 5.00. The molecule has 2 rings (SSSR count). The van der Waals surface area contributed by atoms with Crippen LogP contribution in [0.2, 0.25) is 0 Å². The SMILES string of the molecule is CC1CCCC1CNC(=O)N1CCC[C@@H]1C(=O)O. The predicted molar refractivity (Wildman–Crippen MR) is 67.3 cm³/mol. The van der Waals surface area contributed by atoms with Crippen LogP contribution in [0.5, 0.6) is 0 Å². The number of carboxylic acid groups (broad SMARTS) is 1. The van der Waals surface area contributed by atoms with Crippen molar-refractivity contribution in [2.24, 2.45) is 11.8 Å². The molecule has 0 spiro atoms. The molecule has 2 amide bonds. The molecule has 2 fully saturated rings. The lowest BCUT2D eigenvalue weighted by Gasteiger charge is -2.23. The second kappa shape index (κ2) is 5.59. The minimum absolute atomic E-state index is 0.209. The van der Waals surface area contributed by atoms with E-state index in [1.807, 2.05) is 0 Å². The smallest absolute Gasteiger partial charge is 0.326 e. The van der Waals surface area contributed by atoms with Crippen molar-refractivity contribution in [3.63, 3.8) is 0 Å². The normalized spacial score (nSPS) is 31.6. The summed E-state index contributed by atoms with van der Waals surface area (Å²) < 4.78 is 0. The summed E-state index contributed by atoms with van der Waals surface area (Å²) in [5.74, 6) is 0.330. The maximum absolute atomic E-state index is 12.0. The number of carbonyl (C=O) groups excluding carboxylic acids is 1. The fourth-order valence-corrected chi connectivity index (χ4v) is 3.11. The number of urea groups is 1. The van der Waals surface area contributed by atoms with Crippen LogP contribution in [-0.2, 0) is 4.79 Å². The molecule has 1 saturated carbocycles. The zero-order valence-electron chi connectivity index (χ0n) is 10.9. The Bertz CT molecular complexity index is 332. The first-order chi connectivity index (χ1) is 8.59. The van der Waals surface area contributed by atoms with E-state index in [2.05, 4.69) is 12.2 Å². The van der Waals surface area contributed by atoms with Gasteiger partial charge >= 0.3 is 12.0 Å². The lowest BCUT2D eigenvalue weighted by Crippen LogP contribution is -2.47. The number of amides is 2. The molecule has 2 unspecified atom stereocenters. The van der Waals surface area contributed by atoms with Gasteiger partial charge in [0.25, 0.3) is 0 Å². The molecule has 2 aliphatic rings. The Kier molecular flexibility index (Phi) is 4.09. The van der Waals surface area contributed by atoms with Gasteiger partial charge in [-0.25, -0.2) is 9.59 Å². The number of aliphatic carboxylic acids is 1. The molecule has 1 saturated heterocycles. The zero-order valence-corrected chi connectivity index (χ0v) is 10.9. The van der Waals surface area contributed by atoms with Crippen LogP contribution in [0, 0.1) is 11.8 Å². The van der Waals surface area contributed by atoms with Crippen molar-refractivity contribution < 1.29 is 14.7 Å². The number of nitrogens with zero attached hydrogens (tertiary/aromatic N) is 1. The molecule has 2 N–H and O–H groups in total. The predicted octanol–water partition coefficient (Wildman–Crippen LogP) is 1.68. The Morgan fingerprint density at radius 2 is 2.06 bits per heavy atom. The van der Waals surface area contributed by atoms with Gasteiger partial charge in [0.2, 0.25) is 0 Å². The first kappa shape index (κ1) is 13.2. The summed E-state index contributed by atoms with van der Waals surface area (Å²) in [6.45, 7) is 3.46. The summed E-state index contributed by atoms with van der Waals surface area (Å²) in [4.78, 5) is 24.4.